The van der Waals surface area contributed by atoms with Crippen LogP contribution in [0.5, 0.6) is 5.75 Å². The van der Waals surface area contributed by atoms with Crippen LogP contribution in [0.4, 0.5) is 5.69 Å². The lowest BCUT2D eigenvalue weighted by molar-refractivity contribution is 0.317. The van der Waals surface area contributed by atoms with Crippen LogP contribution in [0.3, 0.4) is 0 Å². The Morgan fingerprint density at radius 1 is 1.21 bits per heavy atom. The molecule has 0 atom stereocenters. The first kappa shape index (κ1) is 13.9. The van der Waals surface area contributed by atoms with E-state index < -0.39 is 0 Å². The molecule has 1 aromatic heterocycles. The third kappa shape index (κ3) is 4.24. The summed E-state index contributed by atoms with van der Waals surface area (Å²) >= 11 is 3.42. The third-order valence-electron chi connectivity index (χ3n) is 2.64. The van der Waals surface area contributed by atoms with Crippen molar-refractivity contribution in [2.24, 2.45) is 0 Å². The maximum atomic E-state index is 5.55. The number of nitrogens with zero attached hydrogens (tertiary/aromatic N) is 1. The molecule has 19 heavy (non-hydrogen) atoms. The Hall–Kier alpha value is -1.55. The van der Waals surface area contributed by atoms with Gasteiger partial charge in [-0.2, -0.15) is 0 Å². The molecule has 0 spiro atoms. The van der Waals surface area contributed by atoms with Gasteiger partial charge >= 0.3 is 0 Å². The lowest BCUT2D eigenvalue weighted by atomic mass is 10.2. The Kier molecular flexibility index (Phi) is 5.21. The zero-order valence-electron chi connectivity index (χ0n) is 10.9. The molecule has 2 aromatic rings. The summed E-state index contributed by atoms with van der Waals surface area (Å²) in [5.74, 6) is 0.924. The summed E-state index contributed by atoms with van der Waals surface area (Å²) in [6.07, 6.45) is 2.79. The summed E-state index contributed by atoms with van der Waals surface area (Å²) in [5, 5.41) is 3.34. The van der Waals surface area contributed by atoms with Gasteiger partial charge in [-0.15, -0.1) is 0 Å². The Morgan fingerprint density at radius 3 is 2.68 bits per heavy atom. The SMILES string of the molecule is CCCOc1ccc(CNc2cccnc2Br)cc1. The van der Waals surface area contributed by atoms with Gasteiger partial charge in [0.15, 0.2) is 0 Å². The Balaban J connectivity index is 1.91. The van der Waals surface area contributed by atoms with Crippen molar-refractivity contribution >= 4 is 21.6 Å². The van der Waals surface area contributed by atoms with Crippen LogP contribution in [-0.2, 0) is 6.54 Å². The highest BCUT2D eigenvalue weighted by atomic mass is 79.9. The van der Waals surface area contributed by atoms with E-state index in [1.165, 1.54) is 5.56 Å². The number of nitrogens with one attached hydrogen (secondary N) is 1. The van der Waals surface area contributed by atoms with Gasteiger partial charge in [-0.05, 0) is 52.2 Å². The molecular formula is C15H17BrN2O. The van der Waals surface area contributed by atoms with Crippen molar-refractivity contribution in [3.8, 4) is 5.75 Å². The molecule has 0 radical (unpaired) electrons. The van der Waals surface area contributed by atoms with Crippen LogP contribution in [0, 0.1) is 0 Å². The van der Waals surface area contributed by atoms with Crippen LogP contribution in [-0.4, -0.2) is 11.6 Å². The predicted molar refractivity (Wildman–Crippen MR) is 81.5 cm³/mol. The van der Waals surface area contributed by atoms with Gasteiger partial charge in [-0.1, -0.05) is 19.1 Å². The number of anilines is 1. The van der Waals surface area contributed by atoms with E-state index in [9.17, 15) is 0 Å². The lowest BCUT2D eigenvalue weighted by Crippen LogP contribution is -2.01. The van der Waals surface area contributed by atoms with Gasteiger partial charge in [0.05, 0.1) is 12.3 Å². The molecule has 0 fully saturated rings. The minimum Gasteiger partial charge on any atom is -0.494 e. The number of halogens is 1. The van der Waals surface area contributed by atoms with E-state index in [1.54, 1.807) is 6.20 Å². The van der Waals surface area contributed by atoms with E-state index in [-0.39, 0.29) is 0 Å². The molecule has 4 heteroatoms. The number of ether oxygens (including phenoxy) is 1. The second-order valence-corrected chi connectivity index (χ2v) is 4.94. The number of rotatable bonds is 6. The molecule has 0 aliphatic rings. The predicted octanol–water partition coefficient (Wildman–Crippen LogP) is 4.25. The maximum absolute atomic E-state index is 5.55. The van der Waals surface area contributed by atoms with E-state index in [1.807, 2.05) is 24.3 Å². The van der Waals surface area contributed by atoms with Gasteiger partial charge < -0.3 is 10.1 Å². The number of aromatic nitrogens is 1. The van der Waals surface area contributed by atoms with Crippen molar-refractivity contribution < 1.29 is 4.74 Å². The van der Waals surface area contributed by atoms with Gasteiger partial charge in [0.1, 0.15) is 10.4 Å². The number of benzene rings is 1. The molecule has 1 N–H and O–H groups in total. The van der Waals surface area contributed by atoms with Crippen molar-refractivity contribution in [2.75, 3.05) is 11.9 Å². The second-order valence-electron chi connectivity index (χ2n) is 4.19. The van der Waals surface area contributed by atoms with Gasteiger partial charge in [0.2, 0.25) is 0 Å². The molecular weight excluding hydrogens is 304 g/mol. The molecule has 1 heterocycles. The first-order chi connectivity index (χ1) is 9.29. The van der Waals surface area contributed by atoms with Gasteiger partial charge in [-0.25, -0.2) is 4.98 Å². The molecule has 0 unspecified atom stereocenters. The average molecular weight is 321 g/mol. The Labute approximate surface area is 122 Å². The normalized spacial score (nSPS) is 10.2. The van der Waals surface area contributed by atoms with Crippen LogP contribution < -0.4 is 10.1 Å². The highest BCUT2D eigenvalue weighted by Crippen LogP contribution is 2.19. The summed E-state index contributed by atoms with van der Waals surface area (Å²) in [6.45, 7) is 3.63. The molecule has 0 saturated carbocycles. The molecule has 0 amide bonds. The van der Waals surface area contributed by atoms with E-state index in [4.69, 9.17) is 4.74 Å². The van der Waals surface area contributed by atoms with Crippen LogP contribution in [0.1, 0.15) is 18.9 Å². The minimum absolute atomic E-state index is 0.762. The van der Waals surface area contributed by atoms with Gasteiger partial charge in [-0.3, -0.25) is 0 Å². The first-order valence-electron chi connectivity index (χ1n) is 6.35. The largest absolute Gasteiger partial charge is 0.494 e. The molecule has 1 aromatic carbocycles. The van der Waals surface area contributed by atoms with E-state index in [0.717, 1.165) is 35.6 Å². The Morgan fingerprint density at radius 2 is 2.00 bits per heavy atom. The standard InChI is InChI=1S/C15H17BrN2O/c1-2-10-19-13-7-5-12(6-8-13)11-18-14-4-3-9-17-15(14)16/h3-9,18H,2,10-11H2,1H3. The highest BCUT2D eigenvalue weighted by Gasteiger charge is 2.00. The highest BCUT2D eigenvalue weighted by molar-refractivity contribution is 9.10. The fraction of sp³-hybridized carbons (Fsp3) is 0.267. The number of hydrogen-bond donors (Lipinski definition) is 1. The van der Waals surface area contributed by atoms with E-state index in [0.29, 0.717) is 0 Å². The molecule has 0 saturated heterocycles. The monoisotopic (exact) mass is 320 g/mol. The smallest absolute Gasteiger partial charge is 0.129 e. The third-order valence-corrected chi connectivity index (χ3v) is 3.27. The molecule has 2 rings (SSSR count). The molecule has 0 aliphatic heterocycles. The van der Waals surface area contributed by atoms with E-state index in [2.05, 4.69) is 45.3 Å². The van der Waals surface area contributed by atoms with Crippen molar-refractivity contribution in [3.63, 3.8) is 0 Å². The number of pyridine rings is 1. The summed E-state index contributed by atoms with van der Waals surface area (Å²) in [7, 11) is 0. The molecule has 3 nitrogen and oxygen atoms in total. The van der Waals surface area contributed by atoms with Crippen molar-refractivity contribution in [1.29, 1.82) is 0 Å². The van der Waals surface area contributed by atoms with Crippen molar-refractivity contribution in [2.45, 2.75) is 19.9 Å². The van der Waals surface area contributed by atoms with Gasteiger partial charge in [0.25, 0.3) is 0 Å². The maximum Gasteiger partial charge on any atom is 0.129 e. The molecule has 0 bridgehead atoms. The summed E-state index contributed by atoms with van der Waals surface area (Å²) in [4.78, 5) is 4.17. The Bertz CT molecular complexity index is 514. The molecule has 100 valence electrons. The zero-order chi connectivity index (χ0) is 13.5. The van der Waals surface area contributed by atoms with Crippen molar-refractivity contribution in [3.05, 3.63) is 52.8 Å². The lowest BCUT2D eigenvalue weighted by Gasteiger charge is -2.09. The fourth-order valence-electron chi connectivity index (χ4n) is 1.64. The van der Waals surface area contributed by atoms with Crippen LogP contribution in [0.25, 0.3) is 0 Å². The van der Waals surface area contributed by atoms with Crippen molar-refractivity contribution in [1.82, 2.24) is 4.98 Å². The van der Waals surface area contributed by atoms with E-state index >= 15 is 0 Å². The first-order valence-corrected chi connectivity index (χ1v) is 7.15. The topological polar surface area (TPSA) is 34.1 Å². The minimum atomic E-state index is 0.762. The van der Waals surface area contributed by atoms with Crippen LogP contribution in [0.2, 0.25) is 0 Å². The molecule has 0 aliphatic carbocycles. The zero-order valence-corrected chi connectivity index (χ0v) is 12.5. The van der Waals surface area contributed by atoms with Gasteiger partial charge in [0, 0.05) is 12.7 Å². The number of hydrogen-bond acceptors (Lipinski definition) is 3. The fourth-order valence-corrected chi connectivity index (χ4v) is 2.03. The summed E-state index contributed by atoms with van der Waals surface area (Å²) in [6, 6.07) is 12.1. The summed E-state index contributed by atoms with van der Waals surface area (Å²) in [5.41, 5.74) is 2.20. The van der Waals surface area contributed by atoms with Crippen LogP contribution >= 0.6 is 15.9 Å². The average Bonchev–Trinajstić information content (AvgIpc) is 2.45. The second kappa shape index (κ2) is 7.14. The van der Waals surface area contributed by atoms with Crippen LogP contribution in [0.15, 0.2) is 47.2 Å². The quantitative estimate of drug-likeness (QED) is 0.808. The summed E-state index contributed by atoms with van der Waals surface area (Å²) < 4.78 is 6.39.